The first-order valence-electron chi connectivity index (χ1n) is 10.9. The van der Waals surface area contributed by atoms with Crippen molar-refractivity contribution in [3.05, 3.63) is 108 Å². The van der Waals surface area contributed by atoms with Gasteiger partial charge in [0.25, 0.3) is 0 Å². The molecule has 0 saturated heterocycles. The fraction of sp³-hybridized carbons (Fsp3) is 0.192. The van der Waals surface area contributed by atoms with Gasteiger partial charge in [0.1, 0.15) is 12.1 Å². The predicted molar refractivity (Wildman–Crippen MR) is 135 cm³/mol. The maximum absolute atomic E-state index is 12.3. The third kappa shape index (κ3) is 6.40. The summed E-state index contributed by atoms with van der Waals surface area (Å²) in [6.45, 7) is -0.331. The van der Waals surface area contributed by atoms with Gasteiger partial charge in [0.2, 0.25) is 0 Å². The average molecular weight is 494 g/mol. The lowest BCUT2D eigenvalue weighted by molar-refractivity contribution is -0.139. The Labute approximate surface area is 207 Å². The van der Waals surface area contributed by atoms with Gasteiger partial charge in [-0.3, -0.25) is 4.79 Å². The molecule has 35 heavy (non-hydrogen) atoms. The van der Waals surface area contributed by atoms with Gasteiger partial charge in [-0.05, 0) is 16.7 Å². The van der Waals surface area contributed by atoms with Gasteiger partial charge in [-0.1, -0.05) is 91.0 Å². The summed E-state index contributed by atoms with van der Waals surface area (Å²) in [5.41, 5.74) is 8.29. The van der Waals surface area contributed by atoms with Crippen molar-refractivity contribution in [1.29, 1.82) is 0 Å². The van der Waals surface area contributed by atoms with Crippen molar-refractivity contribution in [2.45, 2.75) is 16.8 Å². The number of amides is 2. The molecule has 0 aromatic heterocycles. The lowest BCUT2D eigenvalue weighted by Crippen LogP contribution is -2.51. The number of hydrogen-bond acceptors (Lipinski definition) is 5. The van der Waals surface area contributed by atoms with Crippen molar-refractivity contribution in [3.63, 3.8) is 0 Å². The monoisotopic (exact) mass is 493 g/mol. The maximum Gasteiger partial charge on any atom is 0.327 e. The van der Waals surface area contributed by atoms with E-state index in [0.717, 1.165) is 16.7 Å². The molecule has 0 radical (unpaired) electrons. The molecule has 182 valence electrons. The lowest BCUT2D eigenvalue weighted by Gasteiger charge is -2.36. The van der Waals surface area contributed by atoms with Crippen LogP contribution in [0.2, 0.25) is 0 Å². The molecule has 8 nitrogen and oxygen atoms in total. The van der Waals surface area contributed by atoms with Crippen LogP contribution in [-0.4, -0.2) is 52.6 Å². The minimum Gasteiger partial charge on any atom is -0.480 e. The van der Waals surface area contributed by atoms with Gasteiger partial charge in [-0.15, -0.1) is 11.8 Å². The van der Waals surface area contributed by atoms with E-state index < -0.39 is 34.8 Å². The number of aliphatic carboxylic acids is 2. The minimum atomic E-state index is -1.29. The number of carboxylic acids is 2. The number of benzene rings is 3. The van der Waals surface area contributed by atoms with Crippen molar-refractivity contribution < 1.29 is 24.6 Å². The zero-order chi connectivity index (χ0) is 25.3. The Balaban J connectivity index is 1.93. The molecule has 0 aliphatic heterocycles. The smallest absolute Gasteiger partial charge is 0.327 e. The number of carbonyl (C=O) groups is 3. The quantitative estimate of drug-likeness (QED) is 0.259. The Kier molecular flexibility index (Phi) is 8.88. The van der Waals surface area contributed by atoms with E-state index in [1.807, 2.05) is 91.0 Å². The van der Waals surface area contributed by atoms with E-state index in [1.165, 1.54) is 11.8 Å². The first-order valence-corrected chi connectivity index (χ1v) is 11.9. The second-order valence-corrected chi connectivity index (χ2v) is 9.01. The van der Waals surface area contributed by atoms with Gasteiger partial charge in [-0.2, -0.15) is 0 Å². The van der Waals surface area contributed by atoms with E-state index in [2.05, 4.69) is 10.6 Å². The topological polar surface area (TPSA) is 142 Å². The van der Waals surface area contributed by atoms with E-state index in [9.17, 15) is 19.5 Å². The van der Waals surface area contributed by atoms with Crippen LogP contribution < -0.4 is 16.4 Å². The molecule has 0 heterocycles. The van der Waals surface area contributed by atoms with E-state index >= 15 is 0 Å². The first kappa shape index (κ1) is 25.8. The van der Waals surface area contributed by atoms with Crippen LogP contribution in [0.1, 0.15) is 16.7 Å². The van der Waals surface area contributed by atoms with Gasteiger partial charge in [-0.25, -0.2) is 9.59 Å². The van der Waals surface area contributed by atoms with Gasteiger partial charge in [0, 0.05) is 12.3 Å². The number of urea groups is 1. The molecule has 0 bridgehead atoms. The van der Waals surface area contributed by atoms with Crippen LogP contribution in [-0.2, 0) is 14.3 Å². The highest BCUT2D eigenvalue weighted by Gasteiger charge is 2.38. The van der Waals surface area contributed by atoms with Crippen LogP contribution in [0.25, 0.3) is 0 Å². The molecule has 6 N–H and O–H groups in total. The Morgan fingerprint density at radius 1 is 0.771 bits per heavy atom. The van der Waals surface area contributed by atoms with Crippen molar-refractivity contribution in [2.24, 2.45) is 5.73 Å². The minimum absolute atomic E-state index is 0.0341. The molecule has 0 aliphatic carbocycles. The van der Waals surface area contributed by atoms with Crippen LogP contribution in [0.4, 0.5) is 4.79 Å². The van der Waals surface area contributed by atoms with Crippen molar-refractivity contribution >= 4 is 29.7 Å². The average Bonchev–Trinajstić information content (AvgIpc) is 2.88. The Morgan fingerprint density at radius 2 is 1.20 bits per heavy atom. The molecule has 0 aliphatic rings. The molecule has 0 fully saturated rings. The second-order valence-electron chi connectivity index (χ2n) is 7.78. The van der Waals surface area contributed by atoms with Crippen molar-refractivity contribution in [3.8, 4) is 0 Å². The summed E-state index contributed by atoms with van der Waals surface area (Å²) < 4.78 is -0.749. The second kappa shape index (κ2) is 12.0. The van der Waals surface area contributed by atoms with E-state index in [1.54, 1.807) is 0 Å². The first-order chi connectivity index (χ1) is 16.8. The molecule has 3 aromatic carbocycles. The summed E-state index contributed by atoms with van der Waals surface area (Å²) in [7, 11) is 0. The third-order valence-corrected chi connectivity index (χ3v) is 7.05. The lowest BCUT2D eigenvalue weighted by atomic mass is 9.84. The molecule has 2 atom stereocenters. The summed E-state index contributed by atoms with van der Waals surface area (Å²) >= 11 is 1.39. The fourth-order valence-corrected chi connectivity index (χ4v) is 5.20. The largest absolute Gasteiger partial charge is 0.480 e. The fourth-order valence-electron chi connectivity index (χ4n) is 3.65. The number of rotatable bonds is 11. The van der Waals surface area contributed by atoms with Gasteiger partial charge >= 0.3 is 18.0 Å². The van der Waals surface area contributed by atoms with Crippen LogP contribution in [0.5, 0.6) is 0 Å². The zero-order valence-corrected chi connectivity index (χ0v) is 19.7. The maximum atomic E-state index is 12.3. The molecular formula is C26H27N3O5S. The standard InChI is InChI=1S/C26H27N3O5S/c27-21(23(30)31)16-28-25(34)29-22(24(32)33)17-35-26(18-10-4-1-5-11-18,19-12-6-2-7-13-19)20-14-8-3-9-15-20/h1-15,21-22H,16-17,27H2,(H,30,31)(H,32,33)(H2,28,29,34)/t21?,22-/m0/s1. The summed E-state index contributed by atoms with van der Waals surface area (Å²) in [5, 5.41) is 23.4. The number of nitrogens with two attached hydrogens (primary N) is 1. The van der Waals surface area contributed by atoms with Crippen LogP contribution >= 0.6 is 11.8 Å². The molecule has 0 spiro atoms. The Hall–Kier alpha value is -3.82. The van der Waals surface area contributed by atoms with E-state index in [-0.39, 0.29) is 12.3 Å². The summed E-state index contributed by atoms with van der Waals surface area (Å²) in [6.07, 6.45) is 0. The van der Waals surface area contributed by atoms with Crippen LogP contribution in [0.15, 0.2) is 91.0 Å². The third-order valence-electron chi connectivity index (χ3n) is 5.41. The predicted octanol–water partition coefficient (Wildman–Crippen LogP) is 2.88. The van der Waals surface area contributed by atoms with Gasteiger partial charge in [0.05, 0.1) is 4.75 Å². The summed E-state index contributed by atoms with van der Waals surface area (Å²) in [6, 6.07) is 26.0. The Bertz CT molecular complexity index is 1030. The summed E-state index contributed by atoms with van der Waals surface area (Å²) in [4.78, 5) is 35.2. The number of carboxylic acid groups (broad SMARTS) is 2. The highest BCUT2D eigenvalue weighted by molar-refractivity contribution is 8.00. The Morgan fingerprint density at radius 3 is 1.57 bits per heavy atom. The number of nitrogens with one attached hydrogen (secondary N) is 2. The normalized spacial score (nSPS) is 12.8. The van der Waals surface area contributed by atoms with Crippen molar-refractivity contribution in [2.75, 3.05) is 12.3 Å². The number of hydrogen-bond donors (Lipinski definition) is 5. The van der Waals surface area contributed by atoms with Crippen LogP contribution in [0.3, 0.4) is 0 Å². The molecule has 1 unspecified atom stereocenters. The molecule has 2 amide bonds. The zero-order valence-electron chi connectivity index (χ0n) is 18.8. The molecule has 3 rings (SSSR count). The van der Waals surface area contributed by atoms with E-state index in [4.69, 9.17) is 10.8 Å². The molecule has 3 aromatic rings. The molecule has 0 saturated carbocycles. The van der Waals surface area contributed by atoms with Crippen molar-refractivity contribution in [1.82, 2.24) is 10.6 Å². The van der Waals surface area contributed by atoms with Crippen LogP contribution in [0, 0.1) is 0 Å². The number of thioether (sulfide) groups is 1. The highest BCUT2D eigenvalue weighted by atomic mass is 32.2. The SMILES string of the molecule is NC(CNC(=O)N[C@@H](CSC(c1ccccc1)(c1ccccc1)c1ccccc1)C(=O)O)C(=O)O. The molecule has 9 heteroatoms. The van der Waals surface area contributed by atoms with E-state index in [0.29, 0.717) is 0 Å². The van der Waals surface area contributed by atoms with Gasteiger partial charge in [0.15, 0.2) is 0 Å². The van der Waals surface area contributed by atoms with Gasteiger partial charge < -0.3 is 26.6 Å². The highest BCUT2D eigenvalue weighted by Crippen LogP contribution is 2.48. The number of carbonyl (C=O) groups excluding carboxylic acids is 1. The summed E-state index contributed by atoms with van der Waals surface area (Å²) in [5.74, 6) is -2.45. The molecular weight excluding hydrogens is 466 g/mol.